The smallest absolute Gasteiger partial charge is 0.257 e. The lowest BCUT2D eigenvalue weighted by Gasteiger charge is -2.12. The van der Waals surface area contributed by atoms with Gasteiger partial charge in [0.1, 0.15) is 0 Å². The van der Waals surface area contributed by atoms with Crippen molar-refractivity contribution in [2.45, 2.75) is 19.3 Å². The lowest BCUT2D eigenvalue weighted by molar-refractivity contribution is 0.0975. The number of rotatable bonds is 3. The molecule has 114 valence electrons. The van der Waals surface area contributed by atoms with E-state index in [0.29, 0.717) is 22.0 Å². The van der Waals surface area contributed by atoms with Crippen molar-refractivity contribution in [2.24, 2.45) is 0 Å². The fourth-order valence-electron chi connectivity index (χ4n) is 2.40. The molecule has 6 heteroatoms. The Labute approximate surface area is 133 Å². The van der Waals surface area contributed by atoms with Gasteiger partial charge in [-0.05, 0) is 37.1 Å². The van der Waals surface area contributed by atoms with Crippen LogP contribution in [0.25, 0.3) is 0 Å². The summed E-state index contributed by atoms with van der Waals surface area (Å²) in [6.45, 7) is 0. The summed E-state index contributed by atoms with van der Waals surface area (Å²) in [6, 6.07) is 7.35. The largest absolute Gasteiger partial charge is 0.378 e. The van der Waals surface area contributed by atoms with Crippen LogP contribution in [0.4, 0.5) is 10.8 Å². The Morgan fingerprint density at radius 3 is 2.59 bits per heavy atom. The van der Waals surface area contributed by atoms with E-state index in [1.54, 1.807) is 12.1 Å². The maximum atomic E-state index is 12.2. The number of thiazole rings is 1. The number of nitrogens with one attached hydrogen (secondary N) is 1. The molecule has 0 aliphatic heterocycles. The normalized spacial score (nSPS) is 13.6. The summed E-state index contributed by atoms with van der Waals surface area (Å²) in [5, 5.41) is 3.29. The molecule has 1 aromatic heterocycles. The molecule has 5 nitrogen and oxygen atoms in total. The molecule has 2 aromatic rings. The zero-order chi connectivity index (χ0) is 15.7. The van der Waals surface area contributed by atoms with Crippen LogP contribution in [0.1, 0.15) is 38.6 Å². The van der Waals surface area contributed by atoms with Crippen molar-refractivity contribution in [3.63, 3.8) is 0 Å². The van der Waals surface area contributed by atoms with E-state index < -0.39 is 0 Å². The molecule has 0 atom stereocenters. The van der Waals surface area contributed by atoms with E-state index in [4.69, 9.17) is 0 Å². The number of Topliss-reactive ketones (excluding diaryl/α,β-unsaturated/α-hetero) is 1. The average molecular weight is 315 g/mol. The van der Waals surface area contributed by atoms with Gasteiger partial charge in [-0.15, -0.1) is 0 Å². The Balaban J connectivity index is 1.75. The molecule has 22 heavy (non-hydrogen) atoms. The highest BCUT2D eigenvalue weighted by molar-refractivity contribution is 7.17. The Bertz CT molecular complexity index is 719. The van der Waals surface area contributed by atoms with Crippen molar-refractivity contribution < 1.29 is 9.59 Å². The summed E-state index contributed by atoms with van der Waals surface area (Å²) in [5.41, 5.74) is 2.43. The lowest BCUT2D eigenvalue weighted by Crippen LogP contribution is -2.13. The van der Waals surface area contributed by atoms with Gasteiger partial charge in [-0.25, -0.2) is 4.98 Å². The van der Waals surface area contributed by atoms with Crippen LogP contribution in [0.5, 0.6) is 0 Å². The van der Waals surface area contributed by atoms with Crippen molar-refractivity contribution >= 4 is 33.8 Å². The van der Waals surface area contributed by atoms with Crippen molar-refractivity contribution in [2.75, 3.05) is 24.3 Å². The predicted octanol–water partition coefficient (Wildman–Crippen LogP) is 2.98. The number of ketones is 1. The fourth-order valence-corrected chi connectivity index (χ4v) is 3.38. The van der Waals surface area contributed by atoms with Gasteiger partial charge >= 0.3 is 0 Å². The van der Waals surface area contributed by atoms with E-state index in [0.717, 1.165) is 24.2 Å². The van der Waals surface area contributed by atoms with E-state index in [9.17, 15) is 9.59 Å². The van der Waals surface area contributed by atoms with Gasteiger partial charge in [-0.1, -0.05) is 11.3 Å². The molecule has 1 aliphatic carbocycles. The summed E-state index contributed by atoms with van der Waals surface area (Å²) >= 11 is 1.27. The minimum Gasteiger partial charge on any atom is -0.378 e. The standard InChI is InChI=1S/C16H17N3O2S/c1-19(2)11-8-6-10(7-9-11)15(21)18-16-17-12-4-3-5-13(20)14(12)22-16/h6-9H,3-5H2,1-2H3,(H,17,18,21). The van der Waals surface area contributed by atoms with Gasteiger partial charge in [0, 0.05) is 31.8 Å². The minimum atomic E-state index is -0.205. The van der Waals surface area contributed by atoms with Crippen LogP contribution < -0.4 is 10.2 Å². The van der Waals surface area contributed by atoms with Gasteiger partial charge in [0.15, 0.2) is 10.9 Å². The number of fused-ring (bicyclic) bond motifs is 1. The molecule has 1 N–H and O–H groups in total. The monoisotopic (exact) mass is 315 g/mol. The number of nitrogens with zero attached hydrogens (tertiary/aromatic N) is 2. The lowest BCUT2D eigenvalue weighted by atomic mass is 10.0. The van der Waals surface area contributed by atoms with Crippen LogP contribution in [0.3, 0.4) is 0 Å². The molecule has 0 saturated heterocycles. The number of carbonyl (C=O) groups is 2. The topological polar surface area (TPSA) is 62.3 Å². The van der Waals surface area contributed by atoms with Crippen molar-refractivity contribution in [1.82, 2.24) is 4.98 Å². The molecule has 3 rings (SSSR count). The second kappa shape index (κ2) is 5.88. The van der Waals surface area contributed by atoms with Crippen LogP contribution >= 0.6 is 11.3 Å². The van der Waals surface area contributed by atoms with Gasteiger partial charge in [0.25, 0.3) is 5.91 Å². The zero-order valence-electron chi connectivity index (χ0n) is 12.5. The second-order valence-electron chi connectivity index (χ2n) is 5.47. The van der Waals surface area contributed by atoms with Gasteiger partial charge in [0.2, 0.25) is 0 Å². The molecule has 0 saturated carbocycles. The number of aromatic nitrogens is 1. The number of hydrogen-bond acceptors (Lipinski definition) is 5. The van der Waals surface area contributed by atoms with E-state index >= 15 is 0 Å². The Hall–Kier alpha value is -2.21. The number of anilines is 2. The SMILES string of the molecule is CN(C)c1ccc(C(=O)Nc2nc3c(s2)C(=O)CCC3)cc1. The number of aryl methyl sites for hydroxylation is 1. The Morgan fingerprint density at radius 2 is 1.95 bits per heavy atom. The van der Waals surface area contributed by atoms with Crippen molar-refractivity contribution in [3.05, 3.63) is 40.4 Å². The predicted molar refractivity (Wildman–Crippen MR) is 88.1 cm³/mol. The molecule has 0 radical (unpaired) electrons. The second-order valence-corrected chi connectivity index (χ2v) is 6.47. The quantitative estimate of drug-likeness (QED) is 0.946. The average Bonchev–Trinajstić information content (AvgIpc) is 2.91. The third-order valence-corrected chi connectivity index (χ3v) is 4.69. The molecule has 0 bridgehead atoms. The summed E-state index contributed by atoms with van der Waals surface area (Å²) in [4.78, 5) is 31.1. The molecule has 0 unspecified atom stereocenters. The van der Waals surface area contributed by atoms with E-state index in [1.165, 1.54) is 11.3 Å². The first-order valence-electron chi connectivity index (χ1n) is 7.16. The number of amides is 1. The summed E-state index contributed by atoms with van der Waals surface area (Å²) in [7, 11) is 3.90. The van der Waals surface area contributed by atoms with Crippen LogP contribution in [0, 0.1) is 0 Å². The van der Waals surface area contributed by atoms with Crippen LogP contribution in [-0.2, 0) is 6.42 Å². The van der Waals surface area contributed by atoms with Gasteiger partial charge in [0.05, 0.1) is 10.6 Å². The van der Waals surface area contributed by atoms with E-state index in [2.05, 4.69) is 10.3 Å². The van der Waals surface area contributed by atoms with Gasteiger partial charge in [-0.3, -0.25) is 14.9 Å². The highest BCUT2D eigenvalue weighted by Crippen LogP contribution is 2.29. The first-order chi connectivity index (χ1) is 10.5. The summed E-state index contributed by atoms with van der Waals surface area (Å²) in [6.07, 6.45) is 2.23. The van der Waals surface area contributed by atoms with Crippen molar-refractivity contribution in [3.8, 4) is 0 Å². The highest BCUT2D eigenvalue weighted by Gasteiger charge is 2.22. The molecular weight excluding hydrogens is 298 g/mol. The zero-order valence-corrected chi connectivity index (χ0v) is 13.4. The number of hydrogen-bond donors (Lipinski definition) is 1. The van der Waals surface area contributed by atoms with Crippen LogP contribution in [-0.4, -0.2) is 30.8 Å². The third kappa shape index (κ3) is 2.87. The molecule has 1 aromatic carbocycles. The molecule has 1 amide bonds. The maximum Gasteiger partial charge on any atom is 0.257 e. The molecule has 0 fully saturated rings. The van der Waals surface area contributed by atoms with Crippen LogP contribution in [0.2, 0.25) is 0 Å². The number of carbonyl (C=O) groups excluding carboxylic acids is 2. The highest BCUT2D eigenvalue weighted by atomic mass is 32.1. The molecular formula is C16H17N3O2S. The van der Waals surface area contributed by atoms with Crippen molar-refractivity contribution in [1.29, 1.82) is 0 Å². The fraction of sp³-hybridized carbons (Fsp3) is 0.312. The maximum absolute atomic E-state index is 12.2. The third-order valence-electron chi connectivity index (χ3n) is 3.63. The summed E-state index contributed by atoms with van der Waals surface area (Å²) < 4.78 is 0. The van der Waals surface area contributed by atoms with E-state index in [1.807, 2.05) is 31.1 Å². The number of benzene rings is 1. The van der Waals surface area contributed by atoms with E-state index in [-0.39, 0.29) is 11.7 Å². The molecule has 0 spiro atoms. The first kappa shape index (κ1) is 14.7. The molecule has 1 aliphatic rings. The first-order valence-corrected chi connectivity index (χ1v) is 7.98. The Morgan fingerprint density at radius 1 is 1.23 bits per heavy atom. The van der Waals surface area contributed by atoms with Crippen LogP contribution in [0.15, 0.2) is 24.3 Å². The van der Waals surface area contributed by atoms with Gasteiger partial charge < -0.3 is 4.90 Å². The summed E-state index contributed by atoms with van der Waals surface area (Å²) in [5.74, 6) is -0.0709. The van der Waals surface area contributed by atoms with Gasteiger partial charge in [-0.2, -0.15) is 0 Å². The minimum absolute atomic E-state index is 0.134. The molecule has 1 heterocycles. The Kier molecular flexibility index (Phi) is 3.94.